The van der Waals surface area contributed by atoms with Crippen LogP contribution in [0.2, 0.25) is 0 Å². The molecule has 0 saturated carbocycles. The maximum atomic E-state index is 11.9. The van der Waals surface area contributed by atoms with Crippen LogP contribution < -0.4 is 5.32 Å². The van der Waals surface area contributed by atoms with E-state index in [4.69, 9.17) is 0 Å². The van der Waals surface area contributed by atoms with Gasteiger partial charge >= 0.3 is 0 Å². The number of carbonyl (C=O) groups is 1. The Hall–Kier alpha value is -2.55. The lowest BCUT2D eigenvalue weighted by Gasteiger charge is -2.04. The Labute approximate surface area is 124 Å². The summed E-state index contributed by atoms with van der Waals surface area (Å²) in [5, 5.41) is 4.16. The lowest BCUT2D eigenvalue weighted by molar-refractivity contribution is 0.0954. The Morgan fingerprint density at radius 2 is 2.19 bits per heavy atom. The summed E-state index contributed by atoms with van der Waals surface area (Å²) in [7, 11) is 0. The van der Waals surface area contributed by atoms with Crippen molar-refractivity contribution in [2.45, 2.75) is 13.3 Å². The molecule has 1 heterocycles. The largest absolute Gasteiger partial charge is 0.361 e. The summed E-state index contributed by atoms with van der Waals surface area (Å²) in [6.07, 6.45) is 2.83. The first-order valence-corrected chi connectivity index (χ1v) is 7.05. The van der Waals surface area contributed by atoms with Crippen LogP contribution in [0.15, 0.2) is 48.7 Å². The van der Waals surface area contributed by atoms with Crippen LogP contribution in [-0.2, 0) is 6.42 Å². The highest BCUT2D eigenvalue weighted by molar-refractivity contribution is 5.93. The van der Waals surface area contributed by atoms with Crippen LogP contribution >= 0.6 is 0 Å². The molecule has 3 aromatic rings. The van der Waals surface area contributed by atoms with Crippen molar-refractivity contribution in [3.63, 3.8) is 0 Å². The number of fused-ring (bicyclic) bond motifs is 1. The first-order chi connectivity index (χ1) is 10.2. The predicted octanol–water partition coefficient (Wildman–Crippen LogP) is 3.25. The third-order valence-corrected chi connectivity index (χ3v) is 3.56. The molecule has 2 aromatic carbocycles. The highest BCUT2D eigenvalue weighted by atomic mass is 16.1. The molecule has 1 aromatic heterocycles. The standard InChI is InChI=1S/C18H17N2O/c1-13-7-8-17-16(11-13)15(12-20-17)9-10-19-18(21)14-5-3-2-4-6-14/h2-5,7-8,11-12,20H,9-10H2,1H3,(H,19,21). The van der Waals surface area contributed by atoms with Gasteiger partial charge < -0.3 is 10.3 Å². The molecule has 105 valence electrons. The molecular weight excluding hydrogens is 260 g/mol. The highest BCUT2D eigenvalue weighted by Crippen LogP contribution is 2.19. The fourth-order valence-corrected chi connectivity index (χ4v) is 2.44. The lowest BCUT2D eigenvalue weighted by atomic mass is 10.1. The number of benzene rings is 2. The predicted molar refractivity (Wildman–Crippen MR) is 84.4 cm³/mol. The van der Waals surface area contributed by atoms with Gasteiger partial charge in [0.05, 0.1) is 0 Å². The quantitative estimate of drug-likeness (QED) is 0.755. The van der Waals surface area contributed by atoms with Gasteiger partial charge in [-0.3, -0.25) is 4.79 Å². The Morgan fingerprint density at radius 1 is 1.29 bits per heavy atom. The molecule has 1 radical (unpaired) electrons. The lowest BCUT2D eigenvalue weighted by Crippen LogP contribution is -2.25. The van der Waals surface area contributed by atoms with E-state index in [1.54, 1.807) is 12.1 Å². The molecule has 3 nitrogen and oxygen atoms in total. The minimum absolute atomic E-state index is 0.0772. The van der Waals surface area contributed by atoms with Crippen LogP contribution in [0.5, 0.6) is 0 Å². The summed E-state index contributed by atoms with van der Waals surface area (Å²) in [4.78, 5) is 15.2. The average molecular weight is 277 g/mol. The second-order valence-corrected chi connectivity index (χ2v) is 5.15. The smallest absolute Gasteiger partial charge is 0.251 e. The first-order valence-electron chi connectivity index (χ1n) is 7.05. The number of H-pyrrole nitrogens is 1. The van der Waals surface area contributed by atoms with Gasteiger partial charge in [0.25, 0.3) is 5.91 Å². The summed E-state index contributed by atoms with van der Waals surface area (Å²) in [6.45, 7) is 2.70. The summed E-state index contributed by atoms with van der Waals surface area (Å²) < 4.78 is 0. The molecule has 0 atom stereocenters. The number of hydrogen-bond acceptors (Lipinski definition) is 1. The monoisotopic (exact) mass is 277 g/mol. The van der Waals surface area contributed by atoms with Crippen molar-refractivity contribution < 1.29 is 4.79 Å². The minimum atomic E-state index is -0.0772. The Morgan fingerprint density at radius 3 is 3.00 bits per heavy atom. The van der Waals surface area contributed by atoms with Crippen LogP contribution in [0.4, 0.5) is 0 Å². The second-order valence-electron chi connectivity index (χ2n) is 5.15. The fourth-order valence-electron chi connectivity index (χ4n) is 2.44. The Balaban J connectivity index is 1.65. The van der Waals surface area contributed by atoms with Crippen molar-refractivity contribution in [3.8, 4) is 0 Å². The van der Waals surface area contributed by atoms with E-state index in [1.807, 2.05) is 18.3 Å². The summed E-state index contributed by atoms with van der Waals surface area (Å²) >= 11 is 0. The molecule has 0 spiro atoms. The van der Waals surface area contributed by atoms with Gasteiger partial charge in [-0.05, 0) is 43.2 Å². The van der Waals surface area contributed by atoms with Crippen LogP contribution in [-0.4, -0.2) is 17.4 Å². The number of aromatic amines is 1. The highest BCUT2D eigenvalue weighted by Gasteiger charge is 2.06. The van der Waals surface area contributed by atoms with Crippen molar-refractivity contribution in [2.24, 2.45) is 0 Å². The Bertz CT molecular complexity index is 759. The van der Waals surface area contributed by atoms with E-state index >= 15 is 0 Å². The van der Waals surface area contributed by atoms with Gasteiger partial charge in [-0.1, -0.05) is 29.8 Å². The Kier molecular flexibility index (Phi) is 3.73. The van der Waals surface area contributed by atoms with Crippen LogP contribution in [0, 0.1) is 13.0 Å². The number of nitrogens with one attached hydrogen (secondary N) is 2. The molecule has 2 N–H and O–H groups in total. The zero-order valence-electron chi connectivity index (χ0n) is 11.9. The molecule has 0 saturated heterocycles. The van der Waals surface area contributed by atoms with Gasteiger partial charge in [-0.25, -0.2) is 0 Å². The van der Waals surface area contributed by atoms with E-state index in [2.05, 4.69) is 41.5 Å². The van der Waals surface area contributed by atoms with Gasteiger partial charge in [0.1, 0.15) is 0 Å². The van der Waals surface area contributed by atoms with Gasteiger partial charge in [0.2, 0.25) is 0 Å². The summed E-state index contributed by atoms with van der Waals surface area (Å²) in [5.41, 5.74) is 4.18. The second kappa shape index (κ2) is 5.83. The molecule has 3 heteroatoms. The molecule has 0 bridgehead atoms. The van der Waals surface area contributed by atoms with Gasteiger partial charge in [0.15, 0.2) is 0 Å². The number of amides is 1. The molecule has 0 aliphatic carbocycles. The van der Waals surface area contributed by atoms with E-state index in [1.165, 1.54) is 16.5 Å². The number of rotatable bonds is 4. The van der Waals surface area contributed by atoms with Crippen molar-refractivity contribution in [2.75, 3.05) is 6.54 Å². The molecule has 0 fully saturated rings. The van der Waals surface area contributed by atoms with Crippen molar-refractivity contribution in [1.29, 1.82) is 0 Å². The topological polar surface area (TPSA) is 44.9 Å². The SMILES string of the molecule is Cc1ccc2[nH]cc(CCNC(=O)c3[c]cccc3)c2c1. The van der Waals surface area contributed by atoms with Crippen molar-refractivity contribution in [3.05, 3.63) is 71.4 Å². The summed E-state index contributed by atoms with van der Waals surface area (Å²) in [6, 6.07) is 16.5. The van der Waals surface area contributed by atoms with E-state index in [9.17, 15) is 4.79 Å². The zero-order chi connectivity index (χ0) is 14.7. The molecule has 21 heavy (non-hydrogen) atoms. The fraction of sp³-hybridized carbons (Fsp3) is 0.167. The molecule has 1 amide bonds. The zero-order valence-corrected chi connectivity index (χ0v) is 11.9. The molecule has 0 unspecified atom stereocenters. The van der Waals surface area contributed by atoms with E-state index < -0.39 is 0 Å². The maximum Gasteiger partial charge on any atom is 0.251 e. The average Bonchev–Trinajstić information content (AvgIpc) is 2.90. The van der Waals surface area contributed by atoms with E-state index in [-0.39, 0.29) is 5.91 Å². The van der Waals surface area contributed by atoms with E-state index in [0.717, 1.165) is 11.9 Å². The minimum Gasteiger partial charge on any atom is -0.361 e. The van der Waals surface area contributed by atoms with Gasteiger partial charge in [-0.2, -0.15) is 0 Å². The number of hydrogen-bond donors (Lipinski definition) is 2. The summed E-state index contributed by atoms with van der Waals surface area (Å²) in [5.74, 6) is -0.0772. The maximum absolute atomic E-state index is 11.9. The van der Waals surface area contributed by atoms with Gasteiger partial charge in [-0.15, -0.1) is 0 Å². The third kappa shape index (κ3) is 2.97. The molecular formula is C18H17N2O. The van der Waals surface area contributed by atoms with Gasteiger partial charge in [0, 0.05) is 29.2 Å². The number of aryl methyl sites for hydroxylation is 1. The van der Waals surface area contributed by atoms with Crippen LogP contribution in [0.1, 0.15) is 21.5 Å². The first kappa shape index (κ1) is 13.4. The van der Waals surface area contributed by atoms with Crippen molar-refractivity contribution in [1.82, 2.24) is 10.3 Å². The third-order valence-electron chi connectivity index (χ3n) is 3.56. The van der Waals surface area contributed by atoms with Crippen LogP contribution in [0.25, 0.3) is 10.9 Å². The number of carbonyl (C=O) groups excluding carboxylic acids is 1. The molecule has 0 aliphatic heterocycles. The van der Waals surface area contributed by atoms with E-state index in [0.29, 0.717) is 12.1 Å². The van der Waals surface area contributed by atoms with Crippen molar-refractivity contribution >= 4 is 16.8 Å². The molecule has 3 rings (SSSR count). The number of aromatic nitrogens is 1. The molecule has 0 aliphatic rings. The normalized spacial score (nSPS) is 10.7. The van der Waals surface area contributed by atoms with Crippen LogP contribution in [0.3, 0.4) is 0 Å².